The van der Waals surface area contributed by atoms with Crippen molar-refractivity contribution in [3.63, 3.8) is 0 Å². The molecule has 0 N–H and O–H groups in total. The maximum Gasteiger partial charge on any atom is -0.0231 e. The standard InChI is InChI=1S/C22H26/c1-19(21-14-8-5-9-15-21)16-18-22(2,3)17-10-13-20-11-6-4-7-12-20/h4-16H,17-18H2,1-3H3/b13-10+,19-16+. The van der Waals surface area contributed by atoms with Gasteiger partial charge in [-0.2, -0.15) is 0 Å². The summed E-state index contributed by atoms with van der Waals surface area (Å²) in [5.41, 5.74) is 4.23. The second kappa shape index (κ2) is 7.79. The van der Waals surface area contributed by atoms with Crippen molar-refractivity contribution in [1.29, 1.82) is 0 Å². The fourth-order valence-electron chi connectivity index (χ4n) is 2.41. The second-order valence-corrected chi connectivity index (χ2v) is 6.64. The molecular formula is C22H26. The molecule has 0 heteroatoms. The van der Waals surface area contributed by atoms with Crippen LogP contribution in [0.15, 0.2) is 72.8 Å². The maximum absolute atomic E-state index is 2.37. The molecule has 0 saturated carbocycles. The van der Waals surface area contributed by atoms with Crippen molar-refractivity contribution in [2.45, 2.75) is 33.6 Å². The fourth-order valence-corrected chi connectivity index (χ4v) is 2.41. The Morgan fingerprint density at radius 2 is 1.45 bits per heavy atom. The third-order valence-corrected chi connectivity index (χ3v) is 3.97. The van der Waals surface area contributed by atoms with Gasteiger partial charge >= 0.3 is 0 Å². The molecule has 2 aromatic carbocycles. The lowest BCUT2D eigenvalue weighted by Crippen LogP contribution is -2.08. The van der Waals surface area contributed by atoms with Gasteiger partial charge in [0.25, 0.3) is 0 Å². The van der Waals surface area contributed by atoms with Gasteiger partial charge in [-0.1, -0.05) is 92.7 Å². The van der Waals surface area contributed by atoms with Crippen molar-refractivity contribution < 1.29 is 0 Å². The van der Waals surface area contributed by atoms with Crippen LogP contribution in [0.1, 0.15) is 44.7 Å². The highest BCUT2D eigenvalue weighted by atomic mass is 14.2. The van der Waals surface area contributed by atoms with Gasteiger partial charge in [-0.25, -0.2) is 0 Å². The topological polar surface area (TPSA) is 0 Å². The van der Waals surface area contributed by atoms with Gasteiger partial charge in [-0.05, 0) is 41.9 Å². The maximum atomic E-state index is 2.37. The first-order valence-corrected chi connectivity index (χ1v) is 8.01. The Bertz CT molecular complexity index is 616. The predicted octanol–water partition coefficient (Wildman–Crippen LogP) is 6.61. The molecule has 0 fully saturated rings. The van der Waals surface area contributed by atoms with E-state index in [2.05, 4.69) is 99.7 Å². The van der Waals surface area contributed by atoms with Crippen LogP contribution in [0.2, 0.25) is 0 Å². The molecule has 22 heavy (non-hydrogen) atoms. The SMILES string of the molecule is C/C(=C\CC(C)(C)C/C=C/c1ccccc1)c1ccccc1. The normalized spacial score (nSPS) is 12.8. The van der Waals surface area contributed by atoms with Gasteiger partial charge < -0.3 is 0 Å². The zero-order valence-electron chi connectivity index (χ0n) is 13.9. The van der Waals surface area contributed by atoms with Crippen LogP contribution >= 0.6 is 0 Å². The molecule has 0 aliphatic heterocycles. The van der Waals surface area contributed by atoms with Crippen molar-refractivity contribution in [3.8, 4) is 0 Å². The van der Waals surface area contributed by atoms with E-state index in [1.807, 2.05) is 0 Å². The lowest BCUT2D eigenvalue weighted by Gasteiger charge is -2.21. The first-order valence-electron chi connectivity index (χ1n) is 8.01. The van der Waals surface area contributed by atoms with Gasteiger partial charge in [0.1, 0.15) is 0 Å². The highest BCUT2D eigenvalue weighted by Gasteiger charge is 2.14. The summed E-state index contributed by atoms with van der Waals surface area (Å²) >= 11 is 0. The van der Waals surface area contributed by atoms with Crippen LogP contribution in [0.25, 0.3) is 11.6 Å². The van der Waals surface area contributed by atoms with E-state index in [1.165, 1.54) is 16.7 Å². The number of hydrogen-bond donors (Lipinski definition) is 0. The number of allylic oxidation sites excluding steroid dienone is 3. The average Bonchev–Trinajstić information content (AvgIpc) is 2.54. The lowest BCUT2D eigenvalue weighted by molar-refractivity contribution is 0.378. The zero-order chi connectivity index (χ0) is 15.8. The minimum absolute atomic E-state index is 0.279. The molecule has 0 aliphatic rings. The summed E-state index contributed by atoms with van der Waals surface area (Å²) in [5, 5.41) is 0. The van der Waals surface area contributed by atoms with Crippen molar-refractivity contribution in [2.75, 3.05) is 0 Å². The molecule has 0 aliphatic carbocycles. The number of rotatable bonds is 6. The van der Waals surface area contributed by atoms with Crippen molar-refractivity contribution in [3.05, 3.63) is 83.9 Å². The van der Waals surface area contributed by atoms with Gasteiger partial charge in [-0.3, -0.25) is 0 Å². The van der Waals surface area contributed by atoms with Crippen LogP contribution in [0.3, 0.4) is 0 Å². The van der Waals surface area contributed by atoms with E-state index in [1.54, 1.807) is 0 Å². The molecule has 0 aromatic heterocycles. The predicted molar refractivity (Wildman–Crippen MR) is 98.6 cm³/mol. The quantitative estimate of drug-likeness (QED) is 0.561. The molecule has 0 bridgehead atoms. The van der Waals surface area contributed by atoms with Crippen LogP contribution < -0.4 is 0 Å². The molecule has 0 radical (unpaired) electrons. The zero-order valence-corrected chi connectivity index (χ0v) is 13.9. The summed E-state index contributed by atoms with van der Waals surface area (Å²) in [4.78, 5) is 0. The molecule has 0 saturated heterocycles. The Balaban J connectivity index is 1.92. The summed E-state index contributed by atoms with van der Waals surface area (Å²) in [5.74, 6) is 0. The largest absolute Gasteiger partial charge is 0.0834 e. The first kappa shape index (κ1) is 16.3. The Kier molecular flexibility index (Phi) is 5.77. The first-order chi connectivity index (χ1) is 10.6. The molecule has 2 rings (SSSR count). The second-order valence-electron chi connectivity index (χ2n) is 6.64. The van der Waals surface area contributed by atoms with Crippen molar-refractivity contribution >= 4 is 11.6 Å². The van der Waals surface area contributed by atoms with Crippen LogP contribution in [0.5, 0.6) is 0 Å². The molecule has 0 spiro atoms. The van der Waals surface area contributed by atoms with Gasteiger partial charge in [0.05, 0.1) is 0 Å². The van der Waals surface area contributed by atoms with Crippen LogP contribution in [0, 0.1) is 5.41 Å². The van der Waals surface area contributed by atoms with E-state index in [4.69, 9.17) is 0 Å². The molecule has 0 atom stereocenters. The molecule has 0 nitrogen and oxygen atoms in total. The fraction of sp³-hybridized carbons (Fsp3) is 0.273. The minimum Gasteiger partial charge on any atom is -0.0834 e. The number of benzene rings is 2. The molecule has 0 heterocycles. The third-order valence-electron chi connectivity index (χ3n) is 3.97. The molecule has 2 aromatic rings. The Morgan fingerprint density at radius 1 is 0.864 bits per heavy atom. The van der Waals surface area contributed by atoms with E-state index >= 15 is 0 Å². The molecule has 0 amide bonds. The summed E-state index contributed by atoms with van der Waals surface area (Å²) < 4.78 is 0. The van der Waals surface area contributed by atoms with Crippen molar-refractivity contribution in [2.24, 2.45) is 5.41 Å². The van der Waals surface area contributed by atoms with Crippen molar-refractivity contribution in [1.82, 2.24) is 0 Å². The van der Waals surface area contributed by atoms with Gasteiger partial charge in [0, 0.05) is 0 Å². The van der Waals surface area contributed by atoms with Crippen LogP contribution in [-0.2, 0) is 0 Å². The van der Waals surface area contributed by atoms with E-state index in [0.717, 1.165) is 12.8 Å². The smallest absolute Gasteiger partial charge is 0.0231 e. The summed E-state index contributed by atoms with van der Waals surface area (Å²) in [6.07, 6.45) is 9.05. The Hall–Kier alpha value is -2.08. The van der Waals surface area contributed by atoms with E-state index in [0.29, 0.717) is 0 Å². The van der Waals surface area contributed by atoms with Gasteiger partial charge in [0.15, 0.2) is 0 Å². The molecule has 114 valence electrons. The lowest BCUT2D eigenvalue weighted by atomic mass is 9.84. The van der Waals surface area contributed by atoms with Gasteiger partial charge in [0.2, 0.25) is 0 Å². The molecular weight excluding hydrogens is 264 g/mol. The van der Waals surface area contributed by atoms with E-state index in [9.17, 15) is 0 Å². The number of hydrogen-bond acceptors (Lipinski definition) is 0. The highest BCUT2D eigenvalue weighted by Crippen LogP contribution is 2.28. The Morgan fingerprint density at radius 3 is 2.09 bits per heavy atom. The summed E-state index contributed by atoms with van der Waals surface area (Å²) in [6.45, 7) is 6.86. The minimum atomic E-state index is 0.279. The summed E-state index contributed by atoms with van der Waals surface area (Å²) in [7, 11) is 0. The van der Waals surface area contributed by atoms with Crippen LogP contribution in [-0.4, -0.2) is 0 Å². The summed E-state index contributed by atoms with van der Waals surface area (Å²) in [6, 6.07) is 21.1. The van der Waals surface area contributed by atoms with E-state index in [-0.39, 0.29) is 5.41 Å². The average molecular weight is 290 g/mol. The monoisotopic (exact) mass is 290 g/mol. The van der Waals surface area contributed by atoms with Crippen LogP contribution in [0.4, 0.5) is 0 Å². The third kappa shape index (κ3) is 5.37. The Labute approximate surface area is 135 Å². The molecule has 0 unspecified atom stereocenters. The van der Waals surface area contributed by atoms with E-state index < -0.39 is 0 Å². The highest BCUT2D eigenvalue weighted by molar-refractivity contribution is 5.63. The van der Waals surface area contributed by atoms with Gasteiger partial charge in [-0.15, -0.1) is 0 Å².